The fraction of sp³-hybridized carbons (Fsp3) is 0.284. The molecule has 0 fully saturated rings. The second kappa shape index (κ2) is 23.9. The molecule has 0 radical (unpaired) electrons. The van der Waals surface area contributed by atoms with Gasteiger partial charge < -0.3 is 0 Å². The van der Waals surface area contributed by atoms with Crippen molar-refractivity contribution in [1.29, 1.82) is 0 Å². The largest absolute Gasteiger partial charge is 0.176 e. The molecule has 1 heteroatoms. The van der Waals surface area contributed by atoms with E-state index in [1.165, 1.54) is 132 Å². The molecule has 9 aromatic rings. The summed E-state index contributed by atoms with van der Waals surface area (Å²) < 4.78 is 0. The van der Waals surface area contributed by atoms with Gasteiger partial charge in [0.05, 0.1) is 0 Å². The molecule has 0 nitrogen and oxygen atoms in total. The van der Waals surface area contributed by atoms with Crippen LogP contribution in [0.1, 0.15) is 180 Å². The van der Waals surface area contributed by atoms with Crippen molar-refractivity contribution in [3.63, 3.8) is 0 Å². The van der Waals surface area contributed by atoms with Crippen molar-refractivity contribution in [2.75, 3.05) is 0 Å². The Morgan fingerprint density at radius 3 is 0.573 bits per heavy atom. The molecule has 82 heavy (non-hydrogen) atoms. The lowest BCUT2D eigenvalue weighted by Gasteiger charge is -2.40. The third-order valence-corrected chi connectivity index (χ3v) is 23.7. The molecule has 10 rings (SSSR count). The summed E-state index contributed by atoms with van der Waals surface area (Å²) in [6.07, 6.45) is 0. The second-order valence-electron chi connectivity index (χ2n) is 25.9. The van der Waals surface area contributed by atoms with Gasteiger partial charge >= 0.3 is 0 Å². The van der Waals surface area contributed by atoms with E-state index in [-0.39, 0.29) is 5.92 Å². The van der Waals surface area contributed by atoms with Crippen LogP contribution in [0.5, 0.6) is 0 Å². The van der Waals surface area contributed by atoms with Crippen LogP contribution >= 0.6 is 0 Å². The predicted molar refractivity (Wildman–Crippen MR) is 361 cm³/mol. The zero-order valence-electron chi connectivity index (χ0n) is 52.1. The first-order valence-corrected chi connectivity index (χ1v) is 32.7. The van der Waals surface area contributed by atoms with E-state index in [4.69, 9.17) is 0 Å². The normalized spacial score (nSPS) is 14.0. The first-order chi connectivity index (χ1) is 39.2. The Morgan fingerprint density at radius 2 is 0.427 bits per heavy atom. The van der Waals surface area contributed by atoms with Crippen molar-refractivity contribution in [3.8, 4) is 66.8 Å². The lowest BCUT2D eigenvalue weighted by Crippen LogP contribution is -2.69. The maximum Gasteiger partial charge on any atom is 0.176 e. The number of hydrogen-bond donors (Lipinski definition) is 0. The van der Waals surface area contributed by atoms with Crippen LogP contribution in [-0.4, -0.2) is 8.07 Å². The fourth-order valence-electron chi connectivity index (χ4n) is 12.8. The average molecular weight is 1090 g/mol. The monoisotopic (exact) mass is 1090 g/mol. The van der Waals surface area contributed by atoms with E-state index < -0.39 is 8.07 Å². The molecular formula is C81H88Si. The molecule has 9 aromatic carbocycles. The highest BCUT2D eigenvalue weighted by Crippen LogP contribution is 2.44. The van der Waals surface area contributed by atoms with Crippen LogP contribution < -0.4 is 15.6 Å². The van der Waals surface area contributed by atoms with Crippen molar-refractivity contribution < 1.29 is 0 Å². The highest BCUT2D eigenvalue weighted by atomic mass is 28.3. The molecule has 0 heterocycles. The van der Waals surface area contributed by atoms with Crippen LogP contribution in [0.15, 0.2) is 222 Å². The molecular weight excluding hydrogens is 1000 g/mol. The third kappa shape index (κ3) is 11.4. The van der Waals surface area contributed by atoms with E-state index >= 15 is 0 Å². The SMILES string of the molecule is CC1=C(C)C(C)C([Si](c2cc(-c3ccc(C(C)C)cc3)cc(-c3ccc(C(C)C)cc3)c2)(c2cc(-c3ccc(C(C)C)cc3)cc(-c3ccc(C(C)C)cc3)c2)c2cc(-c3ccc(C(C)C)cc3)cc(-c3ccc(C(C)C)cc3)c2)=C1C. The van der Waals surface area contributed by atoms with E-state index in [2.05, 4.69) is 311 Å². The maximum atomic E-state index is 2.64. The van der Waals surface area contributed by atoms with E-state index in [1.54, 1.807) is 5.20 Å². The summed E-state index contributed by atoms with van der Waals surface area (Å²) in [5.41, 5.74) is 27.3. The summed E-state index contributed by atoms with van der Waals surface area (Å²) in [5, 5.41) is 5.75. The predicted octanol–water partition coefficient (Wildman–Crippen LogP) is 21.7. The number of benzene rings is 9. The molecule has 1 atom stereocenters. The zero-order chi connectivity index (χ0) is 58.3. The number of hydrogen-bond acceptors (Lipinski definition) is 0. The Morgan fingerprint density at radius 1 is 0.244 bits per heavy atom. The highest BCUT2D eigenvalue weighted by molar-refractivity contribution is 7.16. The first kappa shape index (κ1) is 57.9. The minimum atomic E-state index is -3.52. The minimum Gasteiger partial charge on any atom is -0.0636 e. The summed E-state index contributed by atoms with van der Waals surface area (Å²) in [6, 6.07) is 80.1. The average Bonchev–Trinajstić information content (AvgIpc) is 3.71. The van der Waals surface area contributed by atoms with Crippen LogP contribution in [0, 0.1) is 5.92 Å². The molecule has 0 saturated carbocycles. The fourth-order valence-corrected chi connectivity index (χ4v) is 18.6. The van der Waals surface area contributed by atoms with Gasteiger partial charge in [0, 0.05) is 0 Å². The molecule has 0 saturated heterocycles. The smallest absolute Gasteiger partial charge is 0.0636 e. The lowest BCUT2D eigenvalue weighted by molar-refractivity contribution is 0.851. The van der Waals surface area contributed by atoms with Gasteiger partial charge in [-0.3, -0.25) is 0 Å². The van der Waals surface area contributed by atoms with Gasteiger partial charge in [0.1, 0.15) is 0 Å². The molecule has 1 aliphatic rings. The highest BCUT2D eigenvalue weighted by Gasteiger charge is 2.49. The molecule has 0 amide bonds. The van der Waals surface area contributed by atoms with Crippen molar-refractivity contribution in [3.05, 3.63) is 255 Å². The van der Waals surface area contributed by atoms with Gasteiger partial charge in [-0.1, -0.05) is 288 Å². The molecule has 1 aliphatic carbocycles. The van der Waals surface area contributed by atoms with Gasteiger partial charge in [0.2, 0.25) is 0 Å². The van der Waals surface area contributed by atoms with Crippen molar-refractivity contribution in [2.24, 2.45) is 5.92 Å². The zero-order valence-corrected chi connectivity index (χ0v) is 53.1. The molecule has 0 aliphatic heterocycles. The van der Waals surface area contributed by atoms with E-state index in [0.717, 1.165) is 0 Å². The van der Waals surface area contributed by atoms with Gasteiger partial charge in [-0.25, -0.2) is 0 Å². The Bertz CT molecular complexity index is 3210. The first-order valence-electron chi connectivity index (χ1n) is 30.7. The molecule has 0 aromatic heterocycles. The standard InChI is InChI=1S/C81H88Si/c1-50(2)60-17-29-66(30-18-60)72-41-73(67-31-19-61(20-32-67)51(3)4)45-78(44-72)82(81-58(15)56(13)57(14)59(81)16,79-46-74(68-33-21-62(22-34-68)52(5)6)42-75(47-79)69-35-23-63(24-36-69)53(7)8)80-48-76(70-37-25-64(26-38-70)54(9)10)43-77(49-80)71-39-27-65(28-40-71)55(11)12/h17-55,58H,1-16H3. The van der Waals surface area contributed by atoms with Gasteiger partial charge in [-0.2, -0.15) is 0 Å². The number of rotatable bonds is 16. The Hall–Kier alpha value is -7.32. The molecule has 1 unspecified atom stereocenters. The van der Waals surface area contributed by atoms with Gasteiger partial charge in [0.15, 0.2) is 8.07 Å². The second-order valence-corrected chi connectivity index (χ2v) is 29.6. The van der Waals surface area contributed by atoms with Gasteiger partial charge in [-0.05, 0) is 202 Å². The minimum absolute atomic E-state index is 0.180. The summed E-state index contributed by atoms with van der Waals surface area (Å²) in [4.78, 5) is 0. The van der Waals surface area contributed by atoms with Crippen LogP contribution in [-0.2, 0) is 0 Å². The van der Waals surface area contributed by atoms with Crippen LogP contribution in [0.25, 0.3) is 66.8 Å². The van der Waals surface area contributed by atoms with Crippen molar-refractivity contribution in [2.45, 2.75) is 146 Å². The van der Waals surface area contributed by atoms with E-state index in [9.17, 15) is 0 Å². The molecule has 0 N–H and O–H groups in total. The molecule has 0 bridgehead atoms. The van der Waals surface area contributed by atoms with Crippen LogP contribution in [0.4, 0.5) is 0 Å². The summed E-state index contributed by atoms with van der Waals surface area (Å²) in [7, 11) is -3.52. The van der Waals surface area contributed by atoms with E-state index in [0.29, 0.717) is 35.5 Å². The van der Waals surface area contributed by atoms with Gasteiger partial charge in [0.25, 0.3) is 0 Å². The summed E-state index contributed by atoms with van der Waals surface area (Å²) in [6.45, 7) is 37.3. The van der Waals surface area contributed by atoms with Gasteiger partial charge in [-0.15, -0.1) is 0 Å². The Balaban J connectivity index is 1.42. The number of allylic oxidation sites excluding steroid dienone is 4. The quantitative estimate of drug-likeness (QED) is 0.0668. The Labute approximate surface area is 495 Å². The maximum absolute atomic E-state index is 3.52. The van der Waals surface area contributed by atoms with Crippen LogP contribution in [0.3, 0.4) is 0 Å². The topological polar surface area (TPSA) is 0 Å². The molecule has 0 spiro atoms. The third-order valence-electron chi connectivity index (χ3n) is 18.6. The Kier molecular flexibility index (Phi) is 16.9. The summed E-state index contributed by atoms with van der Waals surface area (Å²) in [5.74, 6) is 2.78. The molecule has 416 valence electrons. The van der Waals surface area contributed by atoms with E-state index in [1.807, 2.05) is 0 Å². The van der Waals surface area contributed by atoms with Crippen molar-refractivity contribution >= 4 is 23.6 Å². The summed E-state index contributed by atoms with van der Waals surface area (Å²) >= 11 is 0. The lowest BCUT2D eigenvalue weighted by atomic mass is 9.95. The van der Waals surface area contributed by atoms with Crippen molar-refractivity contribution in [1.82, 2.24) is 0 Å². The van der Waals surface area contributed by atoms with Crippen LogP contribution in [0.2, 0.25) is 0 Å².